The zero-order chi connectivity index (χ0) is 14.7. The summed E-state index contributed by atoms with van der Waals surface area (Å²) >= 11 is 0. The zero-order valence-corrected chi connectivity index (χ0v) is 12.4. The average molecular weight is 286 g/mol. The summed E-state index contributed by atoms with van der Waals surface area (Å²) in [4.78, 5) is 0. The summed E-state index contributed by atoms with van der Waals surface area (Å²) in [5.74, 6) is 0. The summed E-state index contributed by atoms with van der Waals surface area (Å²) in [7, 11) is 0. The zero-order valence-electron chi connectivity index (χ0n) is 12.4. The van der Waals surface area contributed by atoms with Gasteiger partial charge >= 0.3 is 0 Å². The van der Waals surface area contributed by atoms with Crippen LogP contribution in [0.2, 0.25) is 0 Å². The molecule has 0 saturated carbocycles. The first-order chi connectivity index (χ1) is 10.3. The molecular formula is C17H22N2O2. The topological polar surface area (TPSA) is 47.3 Å². The first kappa shape index (κ1) is 14.3. The maximum atomic E-state index is 10.6. The lowest BCUT2D eigenvalue weighted by atomic mass is 9.93. The van der Waals surface area contributed by atoms with Gasteiger partial charge in [-0.2, -0.15) is 5.10 Å². The lowest BCUT2D eigenvalue weighted by Gasteiger charge is -2.28. The second-order valence-corrected chi connectivity index (χ2v) is 5.54. The first-order valence-corrected chi connectivity index (χ1v) is 7.68. The van der Waals surface area contributed by atoms with Crippen LogP contribution < -0.4 is 0 Å². The van der Waals surface area contributed by atoms with Crippen LogP contribution in [0.5, 0.6) is 0 Å². The second kappa shape index (κ2) is 6.41. The predicted molar refractivity (Wildman–Crippen MR) is 80.9 cm³/mol. The van der Waals surface area contributed by atoms with Crippen LogP contribution >= 0.6 is 0 Å². The largest absolute Gasteiger partial charge is 0.387 e. The van der Waals surface area contributed by atoms with E-state index in [4.69, 9.17) is 4.74 Å². The van der Waals surface area contributed by atoms with Crippen LogP contribution in [0.4, 0.5) is 0 Å². The Labute approximate surface area is 125 Å². The highest BCUT2D eigenvalue weighted by Crippen LogP contribution is 2.34. The number of fused-ring (bicyclic) bond motifs is 1. The molecule has 1 aliphatic rings. The van der Waals surface area contributed by atoms with Gasteiger partial charge in [-0.25, -0.2) is 0 Å². The van der Waals surface area contributed by atoms with E-state index in [2.05, 4.69) is 30.2 Å². The summed E-state index contributed by atoms with van der Waals surface area (Å²) in [5.41, 5.74) is 3.43. The fraction of sp³-hybridized carbons (Fsp3) is 0.471. The lowest BCUT2D eigenvalue weighted by molar-refractivity contribution is 0.00177. The molecule has 112 valence electrons. The van der Waals surface area contributed by atoms with Crippen LogP contribution in [0.1, 0.15) is 48.8 Å². The SMILES string of the molecule is CCCn1nccc1C(O)CC1OCCc2ccccc21. The standard InChI is InChI=1S/C17H22N2O2/c1-2-10-19-15(7-9-18-19)16(20)12-17-14-6-4-3-5-13(14)8-11-21-17/h3-7,9,16-17,20H,2,8,10-12H2,1H3. The van der Waals surface area contributed by atoms with Crippen LogP contribution in [0.15, 0.2) is 36.5 Å². The Morgan fingerprint density at radius 2 is 2.24 bits per heavy atom. The minimum absolute atomic E-state index is 0.0325. The van der Waals surface area contributed by atoms with E-state index < -0.39 is 6.10 Å². The van der Waals surface area contributed by atoms with E-state index in [0.717, 1.165) is 31.7 Å². The quantitative estimate of drug-likeness (QED) is 0.919. The molecule has 4 nitrogen and oxygen atoms in total. The summed E-state index contributed by atoms with van der Waals surface area (Å²) in [6, 6.07) is 10.3. The minimum atomic E-state index is -0.546. The molecule has 1 aromatic heterocycles. The van der Waals surface area contributed by atoms with Gasteiger partial charge in [-0.3, -0.25) is 4.68 Å². The Kier molecular flexibility index (Phi) is 4.36. The molecule has 0 bridgehead atoms. The third kappa shape index (κ3) is 3.01. The fourth-order valence-electron chi connectivity index (χ4n) is 3.02. The minimum Gasteiger partial charge on any atom is -0.387 e. The van der Waals surface area contributed by atoms with Gasteiger partial charge in [0, 0.05) is 19.2 Å². The van der Waals surface area contributed by atoms with Crippen molar-refractivity contribution in [1.82, 2.24) is 9.78 Å². The second-order valence-electron chi connectivity index (χ2n) is 5.54. The smallest absolute Gasteiger partial charge is 0.0984 e. The van der Waals surface area contributed by atoms with E-state index in [1.165, 1.54) is 11.1 Å². The summed E-state index contributed by atoms with van der Waals surface area (Å²) < 4.78 is 7.77. The van der Waals surface area contributed by atoms with Crippen molar-refractivity contribution >= 4 is 0 Å². The number of ether oxygens (including phenoxy) is 1. The number of aromatic nitrogens is 2. The fourth-order valence-corrected chi connectivity index (χ4v) is 3.02. The molecule has 2 unspecified atom stereocenters. The number of rotatable bonds is 5. The first-order valence-electron chi connectivity index (χ1n) is 7.68. The molecule has 0 saturated heterocycles. The van der Waals surface area contributed by atoms with Crippen molar-refractivity contribution in [3.63, 3.8) is 0 Å². The number of nitrogens with zero attached hydrogens (tertiary/aromatic N) is 2. The Morgan fingerprint density at radius 3 is 3.10 bits per heavy atom. The van der Waals surface area contributed by atoms with Gasteiger partial charge in [0.25, 0.3) is 0 Å². The van der Waals surface area contributed by atoms with E-state index in [9.17, 15) is 5.11 Å². The molecule has 2 aromatic rings. The van der Waals surface area contributed by atoms with Crippen LogP contribution in [0.3, 0.4) is 0 Å². The predicted octanol–water partition coefficient (Wildman–Crippen LogP) is 3.03. The van der Waals surface area contributed by atoms with Gasteiger partial charge in [0.05, 0.1) is 24.5 Å². The van der Waals surface area contributed by atoms with Crippen molar-refractivity contribution in [3.8, 4) is 0 Å². The van der Waals surface area contributed by atoms with Gasteiger partial charge in [-0.1, -0.05) is 31.2 Å². The normalized spacial score (nSPS) is 19.2. The Morgan fingerprint density at radius 1 is 1.38 bits per heavy atom. The Balaban J connectivity index is 1.76. The van der Waals surface area contributed by atoms with Crippen molar-refractivity contribution in [2.75, 3.05) is 6.61 Å². The highest BCUT2D eigenvalue weighted by atomic mass is 16.5. The van der Waals surface area contributed by atoms with Gasteiger partial charge in [0.15, 0.2) is 0 Å². The number of hydrogen-bond donors (Lipinski definition) is 1. The molecular weight excluding hydrogens is 264 g/mol. The maximum absolute atomic E-state index is 10.6. The van der Waals surface area contributed by atoms with Crippen LogP contribution in [0, 0.1) is 0 Å². The summed E-state index contributed by atoms with van der Waals surface area (Å²) in [6.45, 7) is 3.67. The number of aryl methyl sites for hydroxylation is 1. The number of benzene rings is 1. The molecule has 0 spiro atoms. The molecule has 0 fully saturated rings. The third-order valence-corrected chi connectivity index (χ3v) is 4.06. The number of hydrogen-bond acceptors (Lipinski definition) is 3. The molecule has 1 N–H and O–H groups in total. The van der Waals surface area contributed by atoms with Crippen molar-refractivity contribution in [1.29, 1.82) is 0 Å². The number of aliphatic hydroxyl groups excluding tert-OH is 1. The van der Waals surface area contributed by atoms with E-state index in [-0.39, 0.29) is 6.10 Å². The molecule has 1 aliphatic heterocycles. The molecule has 21 heavy (non-hydrogen) atoms. The van der Waals surface area contributed by atoms with E-state index in [1.54, 1.807) is 6.20 Å². The van der Waals surface area contributed by atoms with Gasteiger partial charge in [0.2, 0.25) is 0 Å². The third-order valence-electron chi connectivity index (χ3n) is 4.06. The van der Waals surface area contributed by atoms with Crippen molar-refractivity contribution in [2.24, 2.45) is 0 Å². The highest BCUT2D eigenvalue weighted by Gasteiger charge is 2.25. The molecule has 0 radical (unpaired) electrons. The monoisotopic (exact) mass is 286 g/mol. The lowest BCUT2D eigenvalue weighted by Crippen LogP contribution is -2.19. The van der Waals surface area contributed by atoms with Crippen molar-refractivity contribution in [2.45, 2.75) is 44.9 Å². The van der Waals surface area contributed by atoms with Gasteiger partial charge in [-0.05, 0) is 30.0 Å². The molecule has 2 heterocycles. The summed E-state index contributed by atoms with van der Waals surface area (Å²) in [6.07, 6.45) is 3.71. The van der Waals surface area contributed by atoms with E-state index in [0.29, 0.717) is 6.42 Å². The highest BCUT2D eigenvalue weighted by molar-refractivity contribution is 5.31. The molecule has 1 aromatic carbocycles. The molecule has 0 amide bonds. The van der Waals surface area contributed by atoms with Gasteiger partial charge < -0.3 is 9.84 Å². The van der Waals surface area contributed by atoms with Crippen LogP contribution in [-0.2, 0) is 17.7 Å². The number of aliphatic hydroxyl groups is 1. The van der Waals surface area contributed by atoms with Crippen molar-refractivity contribution < 1.29 is 9.84 Å². The molecule has 4 heteroatoms. The average Bonchev–Trinajstić information content (AvgIpc) is 2.96. The van der Waals surface area contributed by atoms with Gasteiger partial charge in [-0.15, -0.1) is 0 Å². The molecule has 2 atom stereocenters. The van der Waals surface area contributed by atoms with Gasteiger partial charge in [0.1, 0.15) is 0 Å². The van der Waals surface area contributed by atoms with Crippen molar-refractivity contribution in [3.05, 3.63) is 53.3 Å². The maximum Gasteiger partial charge on any atom is 0.0984 e. The summed E-state index contributed by atoms with van der Waals surface area (Å²) in [5, 5.41) is 14.8. The molecule has 3 rings (SSSR count). The van der Waals surface area contributed by atoms with Crippen LogP contribution in [0.25, 0.3) is 0 Å². The van der Waals surface area contributed by atoms with Crippen LogP contribution in [-0.4, -0.2) is 21.5 Å². The Bertz CT molecular complexity index is 594. The van der Waals surface area contributed by atoms with E-state index in [1.807, 2.05) is 16.8 Å². The molecule has 0 aliphatic carbocycles. The van der Waals surface area contributed by atoms with E-state index >= 15 is 0 Å². The Hall–Kier alpha value is -1.65.